The lowest BCUT2D eigenvalue weighted by molar-refractivity contribution is 0.0921. The summed E-state index contributed by atoms with van der Waals surface area (Å²) in [6.07, 6.45) is 4.25. The van der Waals surface area contributed by atoms with Crippen molar-refractivity contribution in [3.8, 4) is 11.8 Å². The highest BCUT2D eigenvalue weighted by atomic mass is 19.3. The second kappa shape index (κ2) is 4.48. The summed E-state index contributed by atoms with van der Waals surface area (Å²) < 4.78 is 25.7. The number of rotatable bonds is 1. The predicted octanol–water partition coefficient (Wildman–Crippen LogP) is 2.86. The maximum atomic E-state index is 12.9. The molecule has 0 bridgehead atoms. The average molecular weight is 262 g/mol. The highest BCUT2D eigenvalue weighted by Crippen LogP contribution is 2.50. The number of nitrogens with zero attached hydrogens (tertiary/aromatic N) is 2. The van der Waals surface area contributed by atoms with E-state index in [4.69, 9.17) is 0 Å². The van der Waals surface area contributed by atoms with Crippen LogP contribution in [0, 0.1) is 17.3 Å². The summed E-state index contributed by atoms with van der Waals surface area (Å²) >= 11 is 0. The lowest BCUT2D eigenvalue weighted by Gasteiger charge is -2.27. The standard InChI is InChI=1S/C15H16F2N2/c1-19-8-2-3-12-11(9-18-10-13(12)19)4-5-15(6-7-15)14(16)17/h9-10,14H,2-3,6-8H2,1H3. The van der Waals surface area contributed by atoms with Gasteiger partial charge in [-0.1, -0.05) is 11.8 Å². The molecule has 0 atom stereocenters. The molecule has 0 spiro atoms. The fraction of sp³-hybridized carbons (Fsp3) is 0.533. The molecule has 0 saturated heterocycles. The first-order chi connectivity index (χ1) is 9.12. The van der Waals surface area contributed by atoms with Crippen molar-refractivity contribution in [2.24, 2.45) is 5.41 Å². The normalized spacial score (nSPS) is 19.7. The third-order valence-electron chi connectivity index (χ3n) is 4.02. The van der Waals surface area contributed by atoms with Crippen LogP contribution in [0.15, 0.2) is 12.4 Å². The van der Waals surface area contributed by atoms with E-state index < -0.39 is 11.8 Å². The first-order valence-corrected chi connectivity index (χ1v) is 6.62. The fourth-order valence-corrected chi connectivity index (χ4v) is 2.51. The summed E-state index contributed by atoms with van der Waals surface area (Å²) in [6, 6.07) is 0. The van der Waals surface area contributed by atoms with Crippen LogP contribution in [-0.2, 0) is 6.42 Å². The van der Waals surface area contributed by atoms with Gasteiger partial charge in [-0.2, -0.15) is 0 Å². The smallest absolute Gasteiger partial charge is 0.254 e. The Morgan fingerprint density at radius 3 is 2.84 bits per heavy atom. The van der Waals surface area contributed by atoms with Gasteiger partial charge in [0.2, 0.25) is 0 Å². The highest BCUT2D eigenvalue weighted by Gasteiger charge is 2.50. The summed E-state index contributed by atoms with van der Waals surface area (Å²) in [4.78, 5) is 6.33. The highest BCUT2D eigenvalue weighted by molar-refractivity contribution is 5.60. The zero-order chi connectivity index (χ0) is 13.5. The van der Waals surface area contributed by atoms with Crippen LogP contribution in [0.25, 0.3) is 0 Å². The summed E-state index contributed by atoms with van der Waals surface area (Å²) in [5.41, 5.74) is 2.01. The molecule has 1 saturated carbocycles. The molecule has 1 fully saturated rings. The quantitative estimate of drug-likeness (QED) is 0.723. The lowest BCUT2D eigenvalue weighted by atomic mass is 9.98. The molecule has 0 aromatic carbocycles. The Labute approximate surface area is 111 Å². The predicted molar refractivity (Wildman–Crippen MR) is 70.4 cm³/mol. The van der Waals surface area contributed by atoms with Crippen molar-refractivity contribution in [1.29, 1.82) is 0 Å². The molecule has 0 amide bonds. The van der Waals surface area contributed by atoms with Crippen LogP contribution in [0.3, 0.4) is 0 Å². The van der Waals surface area contributed by atoms with E-state index in [-0.39, 0.29) is 0 Å². The van der Waals surface area contributed by atoms with Crippen molar-refractivity contribution in [2.45, 2.75) is 32.1 Å². The zero-order valence-corrected chi connectivity index (χ0v) is 10.9. The van der Waals surface area contributed by atoms with E-state index in [0.29, 0.717) is 12.8 Å². The topological polar surface area (TPSA) is 16.1 Å². The van der Waals surface area contributed by atoms with Crippen LogP contribution in [-0.4, -0.2) is 25.0 Å². The molecule has 2 heterocycles. The van der Waals surface area contributed by atoms with Gasteiger partial charge in [0, 0.05) is 25.4 Å². The van der Waals surface area contributed by atoms with Gasteiger partial charge in [0.25, 0.3) is 6.43 Å². The van der Waals surface area contributed by atoms with Crippen LogP contribution in [0.4, 0.5) is 14.5 Å². The van der Waals surface area contributed by atoms with Crippen LogP contribution >= 0.6 is 0 Å². The van der Waals surface area contributed by atoms with Gasteiger partial charge in [-0.3, -0.25) is 4.98 Å². The Morgan fingerprint density at radius 1 is 1.37 bits per heavy atom. The third kappa shape index (κ3) is 2.18. The van der Waals surface area contributed by atoms with Gasteiger partial charge in [-0.15, -0.1) is 0 Å². The van der Waals surface area contributed by atoms with Crippen molar-refractivity contribution in [3.63, 3.8) is 0 Å². The van der Waals surface area contributed by atoms with Gasteiger partial charge in [-0.25, -0.2) is 8.78 Å². The van der Waals surface area contributed by atoms with E-state index in [1.54, 1.807) is 6.20 Å². The Kier molecular flexibility index (Phi) is 2.93. The van der Waals surface area contributed by atoms with Crippen molar-refractivity contribution < 1.29 is 8.78 Å². The molecular formula is C15H16F2N2. The van der Waals surface area contributed by atoms with E-state index in [9.17, 15) is 8.78 Å². The maximum Gasteiger partial charge on any atom is 0.254 e. The van der Waals surface area contributed by atoms with E-state index in [0.717, 1.165) is 36.2 Å². The van der Waals surface area contributed by atoms with Gasteiger partial charge in [0.1, 0.15) is 0 Å². The molecule has 2 aliphatic rings. The molecular weight excluding hydrogens is 246 g/mol. The molecule has 1 aliphatic carbocycles. The van der Waals surface area contributed by atoms with Gasteiger partial charge >= 0.3 is 0 Å². The van der Waals surface area contributed by atoms with Gasteiger partial charge < -0.3 is 4.90 Å². The van der Waals surface area contributed by atoms with Crippen LogP contribution in [0.1, 0.15) is 30.4 Å². The van der Waals surface area contributed by atoms with Crippen molar-refractivity contribution in [3.05, 3.63) is 23.5 Å². The molecule has 3 rings (SSSR count). The Bertz CT molecular complexity index is 553. The minimum absolute atomic E-state index is 0.514. The molecule has 0 N–H and O–H groups in total. The Morgan fingerprint density at radius 2 is 2.16 bits per heavy atom. The van der Waals surface area contributed by atoms with Crippen molar-refractivity contribution in [1.82, 2.24) is 4.98 Å². The van der Waals surface area contributed by atoms with E-state index >= 15 is 0 Å². The van der Waals surface area contributed by atoms with Crippen LogP contribution in [0.5, 0.6) is 0 Å². The first kappa shape index (κ1) is 12.4. The number of aromatic nitrogens is 1. The number of alkyl halides is 2. The van der Waals surface area contributed by atoms with Crippen molar-refractivity contribution >= 4 is 5.69 Å². The van der Waals surface area contributed by atoms with Gasteiger partial charge in [0.15, 0.2) is 0 Å². The molecule has 4 heteroatoms. The van der Waals surface area contributed by atoms with E-state index in [1.165, 1.54) is 0 Å². The molecule has 1 aliphatic heterocycles. The average Bonchev–Trinajstić information content (AvgIpc) is 3.18. The molecule has 100 valence electrons. The summed E-state index contributed by atoms with van der Waals surface area (Å²) in [5.74, 6) is 5.75. The molecule has 0 unspecified atom stereocenters. The molecule has 1 aromatic rings. The molecule has 0 radical (unpaired) electrons. The lowest BCUT2D eigenvalue weighted by Crippen LogP contribution is -2.25. The van der Waals surface area contributed by atoms with Crippen molar-refractivity contribution in [2.75, 3.05) is 18.5 Å². The fourth-order valence-electron chi connectivity index (χ4n) is 2.51. The monoisotopic (exact) mass is 262 g/mol. The minimum Gasteiger partial charge on any atom is -0.373 e. The third-order valence-corrected chi connectivity index (χ3v) is 4.02. The Hall–Kier alpha value is -1.63. The van der Waals surface area contributed by atoms with Crippen LogP contribution in [0.2, 0.25) is 0 Å². The molecule has 19 heavy (non-hydrogen) atoms. The van der Waals surface area contributed by atoms with E-state index in [2.05, 4.69) is 21.7 Å². The number of hydrogen-bond acceptors (Lipinski definition) is 2. The molecule has 1 aromatic heterocycles. The SMILES string of the molecule is CN1CCCc2c(C#CC3(C(F)F)CC3)cncc21. The minimum atomic E-state index is -2.34. The van der Waals surface area contributed by atoms with E-state index in [1.807, 2.05) is 13.2 Å². The van der Waals surface area contributed by atoms with Gasteiger partial charge in [-0.05, 0) is 31.2 Å². The summed E-state index contributed by atoms with van der Waals surface area (Å²) in [5, 5.41) is 0. The number of fused-ring (bicyclic) bond motifs is 1. The summed E-state index contributed by atoms with van der Waals surface area (Å²) in [6.45, 7) is 1.01. The van der Waals surface area contributed by atoms with Gasteiger partial charge in [0.05, 0.1) is 17.3 Å². The molecule has 2 nitrogen and oxygen atoms in total. The number of hydrogen-bond donors (Lipinski definition) is 0. The zero-order valence-electron chi connectivity index (χ0n) is 10.9. The second-order valence-corrected chi connectivity index (χ2v) is 5.42. The van der Waals surface area contributed by atoms with Crippen LogP contribution < -0.4 is 4.90 Å². The largest absolute Gasteiger partial charge is 0.373 e. The second-order valence-electron chi connectivity index (χ2n) is 5.42. The maximum absolute atomic E-state index is 12.9. The Balaban J connectivity index is 1.95. The first-order valence-electron chi connectivity index (χ1n) is 6.62. The summed E-state index contributed by atoms with van der Waals surface area (Å²) in [7, 11) is 2.03. The number of pyridine rings is 1. The number of halogens is 2. The number of anilines is 1.